The number of ether oxygens (including phenoxy) is 5. The second kappa shape index (κ2) is 6.57. The summed E-state index contributed by atoms with van der Waals surface area (Å²) in [5, 5.41) is 0. The summed E-state index contributed by atoms with van der Waals surface area (Å²) in [4.78, 5) is 15.0. The van der Waals surface area contributed by atoms with Gasteiger partial charge in [-0.1, -0.05) is 6.08 Å². The van der Waals surface area contributed by atoms with Crippen LogP contribution in [-0.2, 0) is 10.2 Å². The molecular formula is C24H23NO6. The summed E-state index contributed by atoms with van der Waals surface area (Å²) < 4.78 is 28.5. The highest BCUT2D eigenvalue weighted by Crippen LogP contribution is 2.58. The third-order valence-electron chi connectivity index (χ3n) is 6.81. The lowest BCUT2D eigenvalue weighted by molar-refractivity contribution is 0.0221. The molecule has 4 aliphatic rings. The third kappa shape index (κ3) is 2.62. The molecule has 0 N–H and O–H groups in total. The molecule has 0 aromatic heterocycles. The van der Waals surface area contributed by atoms with E-state index in [1.165, 1.54) is 11.3 Å². The summed E-state index contributed by atoms with van der Waals surface area (Å²) in [6, 6.07) is 9.15. The van der Waals surface area contributed by atoms with Crippen LogP contribution in [0.4, 0.5) is 5.69 Å². The van der Waals surface area contributed by atoms with E-state index in [4.69, 9.17) is 23.7 Å². The number of benzene rings is 2. The highest BCUT2D eigenvalue weighted by atomic mass is 16.7. The Labute approximate surface area is 180 Å². The Morgan fingerprint density at radius 3 is 2.94 bits per heavy atom. The molecule has 31 heavy (non-hydrogen) atoms. The molecule has 2 aromatic carbocycles. The number of carbonyl (C=O) groups is 1. The van der Waals surface area contributed by atoms with Crippen LogP contribution in [0.25, 0.3) is 0 Å². The van der Waals surface area contributed by atoms with Crippen molar-refractivity contribution in [2.45, 2.75) is 30.5 Å². The summed E-state index contributed by atoms with van der Waals surface area (Å²) in [5.41, 5.74) is 2.58. The van der Waals surface area contributed by atoms with Crippen molar-refractivity contribution in [3.63, 3.8) is 0 Å². The monoisotopic (exact) mass is 421 g/mol. The Morgan fingerprint density at radius 2 is 2.06 bits per heavy atom. The standard InChI is InChI=1S/C24H23NO6/c1-25-10-9-24-8-7-15(30-23(26)14-3-5-17-19(11-14)29-13-28-17)12-20(24)31-22-18(27-2)6-4-16(25)21(22)24/h3-8,11,15,20H,9-10,12-13H2,1-2H3/t15-,20?,24-/m0/s1. The van der Waals surface area contributed by atoms with Crippen LogP contribution in [-0.4, -0.2) is 45.7 Å². The van der Waals surface area contributed by atoms with Crippen LogP contribution in [0.1, 0.15) is 28.8 Å². The van der Waals surface area contributed by atoms with E-state index >= 15 is 0 Å². The quantitative estimate of drug-likeness (QED) is 0.556. The Bertz CT molecular complexity index is 1110. The number of hydrogen-bond donors (Lipinski definition) is 0. The first kappa shape index (κ1) is 18.4. The Morgan fingerprint density at radius 1 is 1.19 bits per heavy atom. The number of esters is 1. The molecule has 1 unspecified atom stereocenters. The number of carbonyl (C=O) groups excluding carboxylic acids is 1. The van der Waals surface area contributed by atoms with Crippen molar-refractivity contribution in [1.82, 2.24) is 0 Å². The molecule has 3 aliphatic heterocycles. The molecular weight excluding hydrogens is 398 g/mol. The van der Waals surface area contributed by atoms with Gasteiger partial charge in [-0.3, -0.25) is 0 Å². The molecule has 3 atom stereocenters. The third-order valence-corrected chi connectivity index (χ3v) is 6.81. The lowest BCUT2D eigenvalue weighted by atomic mass is 9.67. The number of nitrogens with zero attached hydrogens (tertiary/aromatic N) is 1. The van der Waals surface area contributed by atoms with Crippen LogP contribution in [0.5, 0.6) is 23.0 Å². The maximum absolute atomic E-state index is 12.8. The van der Waals surface area contributed by atoms with Crippen molar-refractivity contribution in [2.75, 3.05) is 32.4 Å². The van der Waals surface area contributed by atoms with E-state index in [0.717, 1.165) is 24.5 Å². The van der Waals surface area contributed by atoms with E-state index in [1.807, 2.05) is 12.1 Å². The van der Waals surface area contributed by atoms with E-state index in [0.29, 0.717) is 23.5 Å². The predicted molar refractivity (Wildman–Crippen MR) is 113 cm³/mol. The Kier molecular flexibility index (Phi) is 3.91. The van der Waals surface area contributed by atoms with Gasteiger partial charge in [-0.2, -0.15) is 0 Å². The van der Waals surface area contributed by atoms with Gasteiger partial charge in [0.15, 0.2) is 23.0 Å². The van der Waals surface area contributed by atoms with Gasteiger partial charge in [0.25, 0.3) is 0 Å². The van der Waals surface area contributed by atoms with Crippen LogP contribution in [0.3, 0.4) is 0 Å². The van der Waals surface area contributed by atoms with E-state index in [2.05, 4.69) is 24.1 Å². The fourth-order valence-corrected chi connectivity index (χ4v) is 5.18. The van der Waals surface area contributed by atoms with E-state index in [9.17, 15) is 4.79 Å². The lowest BCUT2D eigenvalue weighted by Crippen LogP contribution is -2.47. The zero-order valence-corrected chi connectivity index (χ0v) is 17.4. The normalized spacial score (nSPS) is 26.7. The Balaban J connectivity index is 1.28. The minimum absolute atomic E-state index is 0.106. The van der Waals surface area contributed by atoms with Crippen LogP contribution in [0.2, 0.25) is 0 Å². The van der Waals surface area contributed by atoms with Gasteiger partial charge in [-0.25, -0.2) is 4.79 Å². The predicted octanol–water partition coefficient (Wildman–Crippen LogP) is 3.45. The fraction of sp³-hybridized carbons (Fsp3) is 0.375. The van der Waals surface area contributed by atoms with Gasteiger partial charge < -0.3 is 28.6 Å². The first-order valence-corrected chi connectivity index (χ1v) is 10.5. The second-order valence-electron chi connectivity index (χ2n) is 8.42. The van der Waals surface area contributed by atoms with Crippen LogP contribution < -0.4 is 23.8 Å². The van der Waals surface area contributed by atoms with Crippen LogP contribution in [0, 0.1) is 0 Å². The number of fused-ring (bicyclic) bond motifs is 1. The molecule has 3 heterocycles. The summed E-state index contributed by atoms with van der Waals surface area (Å²) in [6.07, 6.45) is 5.26. The largest absolute Gasteiger partial charge is 0.493 e. The van der Waals surface area contributed by atoms with Crippen molar-refractivity contribution in [3.05, 3.63) is 53.6 Å². The van der Waals surface area contributed by atoms with E-state index in [-0.39, 0.29) is 30.4 Å². The summed E-state index contributed by atoms with van der Waals surface area (Å²) in [6.45, 7) is 1.10. The molecule has 0 radical (unpaired) electrons. The minimum Gasteiger partial charge on any atom is -0.493 e. The molecule has 0 saturated heterocycles. The number of rotatable bonds is 3. The Hall–Kier alpha value is -3.35. The van der Waals surface area contributed by atoms with Gasteiger partial charge in [0.2, 0.25) is 6.79 Å². The number of methoxy groups -OCH3 is 1. The van der Waals surface area contributed by atoms with Crippen molar-refractivity contribution in [2.24, 2.45) is 0 Å². The molecule has 1 aliphatic carbocycles. The molecule has 7 nitrogen and oxygen atoms in total. The summed E-state index contributed by atoms with van der Waals surface area (Å²) in [7, 11) is 3.76. The lowest BCUT2D eigenvalue weighted by Gasteiger charge is -2.42. The summed E-state index contributed by atoms with van der Waals surface area (Å²) >= 11 is 0. The average molecular weight is 421 g/mol. The average Bonchev–Trinajstić information content (AvgIpc) is 3.39. The first-order valence-electron chi connectivity index (χ1n) is 10.5. The zero-order chi connectivity index (χ0) is 21.2. The summed E-state index contributed by atoms with van der Waals surface area (Å²) in [5.74, 6) is 2.36. The molecule has 160 valence electrons. The van der Waals surface area contributed by atoms with Crippen molar-refractivity contribution >= 4 is 11.7 Å². The number of anilines is 1. The van der Waals surface area contributed by atoms with Crippen molar-refractivity contribution in [3.8, 4) is 23.0 Å². The topological polar surface area (TPSA) is 66.5 Å². The van der Waals surface area contributed by atoms with Crippen LogP contribution in [0.15, 0.2) is 42.5 Å². The smallest absolute Gasteiger partial charge is 0.338 e. The highest BCUT2D eigenvalue weighted by Gasteiger charge is 2.54. The molecule has 6 rings (SSSR count). The molecule has 0 saturated carbocycles. The van der Waals surface area contributed by atoms with Gasteiger partial charge in [-0.15, -0.1) is 0 Å². The van der Waals surface area contributed by atoms with Gasteiger partial charge >= 0.3 is 5.97 Å². The maximum atomic E-state index is 12.8. The minimum atomic E-state index is -0.388. The molecule has 0 fully saturated rings. The second-order valence-corrected chi connectivity index (χ2v) is 8.42. The molecule has 0 bridgehead atoms. The van der Waals surface area contributed by atoms with Gasteiger partial charge in [0.1, 0.15) is 12.2 Å². The van der Waals surface area contributed by atoms with E-state index in [1.54, 1.807) is 25.3 Å². The van der Waals surface area contributed by atoms with Gasteiger partial charge in [0.05, 0.1) is 18.1 Å². The number of hydrogen-bond acceptors (Lipinski definition) is 7. The molecule has 0 amide bonds. The van der Waals surface area contributed by atoms with Gasteiger partial charge in [-0.05, 0) is 42.8 Å². The zero-order valence-electron chi connectivity index (χ0n) is 17.4. The molecule has 1 spiro atoms. The van der Waals surface area contributed by atoms with Gasteiger partial charge in [0, 0.05) is 31.3 Å². The SMILES string of the molecule is COc1ccc2c3c1OC1C[C@@H](OC(=O)c4ccc5c(c4)OCO5)C=C[C@@]31CCN2C. The van der Waals surface area contributed by atoms with E-state index < -0.39 is 0 Å². The first-order chi connectivity index (χ1) is 15.1. The van der Waals surface area contributed by atoms with Crippen molar-refractivity contribution < 1.29 is 28.5 Å². The fourth-order valence-electron chi connectivity index (χ4n) is 5.18. The maximum Gasteiger partial charge on any atom is 0.338 e. The van der Waals surface area contributed by atoms with Crippen molar-refractivity contribution in [1.29, 1.82) is 0 Å². The van der Waals surface area contributed by atoms with Crippen LogP contribution >= 0.6 is 0 Å². The molecule has 2 aromatic rings. The highest BCUT2D eigenvalue weighted by molar-refractivity contribution is 5.90. The molecule has 7 heteroatoms.